The van der Waals surface area contributed by atoms with Crippen molar-refractivity contribution in [1.29, 1.82) is 5.26 Å². The summed E-state index contributed by atoms with van der Waals surface area (Å²) >= 11 is 0. The molecule has 1 N–H and O–H groups in total. The molecule has 5 nitrogen and oxygen atoms in total. The molecule has 5 aromatic carbocycles. The molecule has 0 spiro atoms. The first-order valence-corrected chi connectivity index (χ1v) is 15.3. The maximum atomic E-state index is 11.2. The molecule has 2 heterocycles. The molecule has 5 heteroatoms. The van der Waals surface area contributed by atoms with Gasteiger partial charge in [-0.3, -0.25) is 9.55 Å². The molecule has 0 unspecified atom stereocenters. The maximum absolute atomic E-state index is 11.2. The number of hydrogen-bond donors (Lipinski definition) is 1. The summed E-state index contributed by atoms with van der Waals surface area (Å²) in [5.74, 6) is 0.851. The zero-order valence-corrected chi connectivity index (χ0v) is 25.9. The quantitative estimate of drug-likeness (QED) is 0.215. The van der Waals surface area contributed by atoms with Crippen LogP contribution in [-0.2, 0) is 5.41 Å². The normalized spacial score (nSPS) is 11.4. The van der Waals surface area contributed by atoms with Crippen LogP contribution in [0.5, 0.6) is 5.75 Å². The highest BCUT2D eigenvalue weighted by atomic mass is 16.3. The van der Waals surface area contributed by atoms with Crippen LogP contribution >= 0.6 is 0 Å². The summed E-state index contributed by atoms with van der Waals surface area (Å²) in [6, 6.07) is 44.4. The Kier molecular flexibility index (Phi) is 7.19. The summed E-state index contributed by atoms with van der Waals surface area (Å²) in [4.78, 5) is 10.0. The van der Waals surface area contributed by atoms with Crippen molar-refractivity contribution < 1.29 is 5.11 Å². The zero-order valence-electron chi connectivity index (χ0n) is 25.9. The number of imidazole rings is 1. The lowest BCUT2D eigenvalue weighted by Crippen LogP contribution is -2.11. The number of aromatic nitrogens is 3. The number of benzene rings is 5. The van der Waals surface area contributed by atoms with Crippen molar-refractivity contribution in [2.24, 2.45) is 0 Å². The highest BCUT2D eigenvalue weighted by Crippen LogP contribution is 2.40. The predicted molar refractivity (Wildman–Crippen MR) is 186 cm³/mol. The summed E-state index contributed by atoms with van der Waals surface area (Å²) in [5.41, 5.74) is 10.3. The van der Waals surface area contributed by atoms with Gasteiger partial charge in [-0.25, -0.2) is 4.98 Å². The number of nitriles is 1. The van der Waals surface area contributed by atoms with E-state index in [2.05, 4.69) is 73.9 Å². The standard InChI is InChI=1S/C41H32N4O/c1-41(2,3)31-20-21-36(46)34(25-31)40-44-39-33(18-11-19-35(39)45(40)32-16-8-5-9-17-32)28-14-10-15-29(24-28)38-37(27-12-6-4-7-13-27)30(26-42)22-23-43-38/h4-25,46H,1-3H3. The average molecular weight is 597 g/mol. The van der Waals surface area contributed by atoms with E-state index in [0.717, 1.165) is 55.8 Å². The minimum absolute atomic E-state index is 0.104. The van der Waals surface area contributed by atoms with Crippen LogP contribution in [0.1, 0.15) is 31.9 Å². The van der Waals surface area contributed by atoms with Gasteiger partial charge in [-0.15, -0.1) is 0 Å². The van der Waals surface area contributed by atoms with Gasteiger partial charge in [0, 0.05) is 28.6 Å². The van der Waals surface area contributed by atoms with E-state index in [1.54, 1.807) is 18.3 Å². The summed E-state index contributed by atoms with van der Waals surface area (Å²) in [7, 11) is 0. The van der Waals surface area contributed by atoms with Gasteiger partial charge in [0.1, 0.15) is 11.6 Å². The predicted octanol–water partition coefficient (Wildman–Crippen LogP) is 9.96. The van der Waals surface area contributed by atoms with Gasteiger partial charge in [0.15, 0.2) is 0 Å². The number of pyridine rings is 1. The van der Waals surface area contributed by atoms with Crippen molar-refractivity contribution in [1.82, 2.24) is 14.5 Å². The second-order valence-electron chi connectivity index (χ2n) is 12.4. The average Bonchev–Trinajstić information content (AvgIpc) is 3.48. The molecule has 222 valence electrons. The third-order valence-corrected chi connectivity index (χ3v) is 8.38. The van der Waals surface area contributed by atoms with Gasteiger partial charge in [0.05, 0.1) is 33.9 Å². The summed E-state index contributed by atoms with van der Waals surface area (Å²) in [5, 5.41) is 21.2. The summed E-state index contributed by atoms with van der Waals surface area (Å²) in [6.45, 7) is 6.50. The lowest BCUT2D eigenvalue weighted by Gasteiger charge is -2.20. The molecule has 2 aromatic heterocycles. The largest absolute Gasteiger partial charge is 0.507 e. The van der Waals surface area contributed by atoms with Gasteiger partial charge < -0.3 is 5.11 Å². The maximum Gasteiger partial charge on any atom is 0.149 e. The van der Waals surface area contributed by atoms with Crippen LogP contribution in [0.3, 0.4) is 0 Å². The van der Waals surface area contributed by atoms with Crippen LogP contribution in [0.15, 0.2) is 134 Å². The van der Waals surface area contributed by atoms with Crippen molar-refractivity contribution in [2.75, 3.05) is 0 Å². The monoisotopic (exact) mass is 596 g/mol. The van der Waals surface area contributed by atoms with Gasteiger partial charge in [-0.1, -0.05) is 106 Å². The Balaban J connectivity index is 1.46. The number of rotatable bonds is 5. The molecule has 0 bridgehead atoms. The molecular formula is C41H32N4O. The highest BCUT2D eigenvalue weighted by Gasteiger charge is 2.23. The van der Waals surface area contributed by atoms with E-state index in [-0.39, 0.29) is 11.2 Å². The van der Waals surface area contributed by atoms with Crippen molar-refractivity contribution in [3.05, 3.63) is 145 Å². The number of para-hydroxylation sites is 2. The van der Waals surface area contributed by atoms with E-state index >= 15 is 0 Å². The Labute approximate surface area is 268 Å². The fourth-order valence-electron chi connectivity index (χ4n) is 6.04. The molecule has 7 rings (SSSR count). The fraction of sp³-hybridized carbons (Fsp3) is 0.0976. The lowest BCUT2D eigenvalue weighted by molar-refractivity contribution is 0.475. The summed E-state index contributed by atoms with van der Waals surface area (Å²) in [6.07, 6.45) is 1.69. The molecule has 0 aliphatic rings. The fourth-order valence-corrected chi connectivity index (χ4v) is 6.04. The minimum Gasteiger partial charge on any atom is -0.507 e. The number of aromatic hydroxyl groups is 1. The molecule has 0 amide bonds. The molecule has 46 heavy (non-hydrogen) atoms. The van der Waals surface area contributed by atoms with Crippen molar-refractivity contribution in [2.45, 2.75) is 26.2 Å². The van der Waals surface area contributed by atoms with E-state index in [4.69, 9.17) is 9.97 Å². The van der Waals surface area contributed by atoms with Gasteiger partial charge in [0.25, 0.3) is 0 Å². The molecular weight excluding hydrogens is 564 g/mol. The molecule has 7 aromatic rings. The smallest absolute Gasteiger partial charge is 0.149 e. The van der Waals surface area contributed by atoms with Crippen LogP contribution in [0.2, 0.25) is 0 Å². The van der Waals surface area contributed by atoms with Crippen LogP contribution in [0.4, 0.5) is 0 Å². The Hall–Kier alpha value is -5.99. The van der Waals surface area contributed by atoms with Gasteiger partial charge in [-0.05, 0) is 64.6 Å². The topological polar surface area (TPSA) is 74.7 Å². The van der Waals surface area contributed by atoms with E-state index in [1.165, 1.54) is 0 Å². The first-order valence-electron chi connectivity index (χ1n) is 15.3. The van der Waals surface area contributed by atoms with Crippen LogP contribution in [-0.4, -0.2) is 19.6 Å². The van der Waals surface area contributed by atoms with E-state index < -0.39 is 0 Å². The highest BCUT2D eigenvalue weighted by molar-refractivity contribution is 5.97. The first kappa shape index (κ1) is 28.8. The van der Waals surface area contributed by atoms with Gasteiger partial charge in [0.2, 0.25) is 0 Å². The molecule has 0 fully saturated rings. The van der Waals surface area contributed by atoms with Crippen molar-refractivity contribution in [3.8, 4) is 62.4 Å². The van der Waals surface area contributed by atoms with Crippen LogP contribution in [0.25, 0.3) is 61.6 Å². The molecule has 0 atom stereocenters. The molecule has 0 saturated heterocycles. The first-order chi connectivity index (χ1) is 22.3. The van der Waals surface area contributed by atoms with E-state index in [9.17, 15) is 10.4 Å². The Morgan fingerprint density at radius 3 is 2.13 bits per heavy atom. The third kappa shape index (κ3) is 5.10. The molecule has 0 radical (unpaired) electrons. The Bertz CT molecular complexity index is 2260. The Morgan fingerprint density at radius 1 is 0.696 bits per heavy atom. The minimum atomic E-state index is -0.104. The number of phenolic OH excluding ortho intramolecular Hbond substituents is 1. The van der Waals surface area contributed by atoms with Gasteiger partial charge in [-0.2, -0.15) is 5.26 Å². The lowest BCUT2D eigenvalue weighted by atomic mass is 9.86. The van der Waals surface area contributed by atoms with Crippen molar-refractivity contribution in [3.63, 3.8) is 0 Å². The zero-order chi connectivity index (χ0) is 31.8. The van der Waals surface area contributed by atoms with Gasteiger partial charge >= 0.3 is 0 Å². The second kappa shape index (κ2) is 11.5. The van der Waals surface area contributed by atoms with Crippen molar-refractivity contribution >= 4 is 11.0 Å². The molecule has 0 aliphatic carbocycles. The summed E-state index contributed by atoms with van der Waals surface area (Å²) < 4.78 is 2.12. The van der Waals surface area contributed by atoms with E-state index in [1.807, 2.05) is 72.8 Å². The SMILES string of the molecule is CC(C)(C)c1ccc(O)c(-c2nc3c(-c4cccc(-c5nccc(C#N)c5-c5ccccc5)c4)cccc3n2-c2ccccc2)c1. The van der Waals surface area contributed by atoms with Crippen LogP contribution < -0.4 is 0 Å². The van der Waals surface area contributed by atoms with E-state index in [0.29, 0.717) is 17.0 Å². The second-order valence-corrected chi connectivity index (χ2v) is 12.4. The third-order valence-electron chi connectivity index (χ3n) is 8.38. The number of hydrogen-bond acceptors (Lipinski definition) is 4. The number of fused-ring (bicyclic) bond motifs is 1. The van der Waals surface area contributed by atoms with Crippen LogP contribution in [0, 0.1) is 11.3 Å². The Morgan fingerprint density at radius 2 is 1.39 bits per heavy atom. The number of phenols is 1. The molecule has 0 saturated carbocycles. The molecule has 0 aliphatic heterocycles. The number of nitrogens with zero attached hydrogens (tertiary/aromatic N) is 4.